The highest BCUT2D eigenvalue weighted by molar-refractivity contribution is 7.92. The summed E-state index contributed by atoms with van der Waals surface area (Å²) in [5, 5.41) is 2.28. The van der Waals surface area contributed by atoms with E-state index in [1.165, 1.54) is 19.4 Å². The van der Waals surface area contributed by atoms with Crippen molar-refractivity contribution in [3.05, 3.63) is 41.9 Å². The van der Waals surface area contributed by atoms with Gasteiger partial charge in [-0.2, -0.15) is 13.2 Å². The van der Waals surface area contributed by atoms with E-state index < -0.39 is 26.1 Å². The van der Waals surface area contributed by atoms with Gasteiger partial charge in [0.25, 0.3) is 15.7 Å². The number of furan rings is 1. The van der Waals surface area contributed by atoms with Gasteiger partial charge in [-0.1, -0.05) is 0 Å². The molecule has 6 nitrogen and oxygen atoms in total. The van der Waals surface area contributed by atoms with Crippen molar-refractivity contribution in [2.45, 2.75) is 17.3 Å². The molecule has 1 amide bonds. The lowest BCUT2D eigenvalue weighted by Gasteiger charge is -2.13. The quantitative estimate of drug-likeness (QED) is 0.902. The molecule has 0 aliphatic carbocycles. The molecule has 2 aromatic rings. The Labute approximate surface area is 135 Å². The maximum Gasteiger partial charge on any atom is 0.501 e. The van der Waals surface area contributed by atoms with Crippen molar-refractivity contribution < 1.29 is 35.5 Å². The van der Waals surface area contributed by atoms with E-state index in [0.717, 1.165) is 12.1 Å². The van der Waals surface area contributed by atoms with Crippen molar-refractivity contribution in [3.63, 3.8) is 0 Å². The number of hydrogen-bond donors (Lipinski definition) is 1. The highest BCUT2D eigenvalue weighted by Crippen LogP contribution is 2.34. The van der Waals surface area contributed by atoms with E-state index in [4.69, 9.17) is 9.15 Å². The third-order valence-electron chi connectivity index (χ3n) is 3.10. The van der Waals surface area contributed by atoms with Crippen LogP contribution in [0.4, 0.5) is 18.9 Å². The molecule has 0 atom stereocenters. The highest BCUT2D eigenvalue weighted by Gasteiger charge is 2.47. The molecule has 0 unspecified atom stereocenters. The van der Waals surface area contributed by atoms with E-state index >= 15 is 0 Å². The van der Waals surface area contributed by atoms with Gasteiger partial charge in [0.05, 0.1) is 24.0 Å². The number of carbonyl (C=O) groups is 1. The monoisotopic (exact) mass is 363 g/mol. The Hall–Kier alpha value is -2.49. The Morgan fingerprint density at radius 3 is 2.42 bits per heavy atom. The van der Waals surface area contributed by atoms with Crippen molar-refractivity contribution in [2.24, 2.45) is 0 Å². The predicted molar refractivity (Wildman–Crippen MR) is 77.6 cm³/mol. The zero-order valence-electron chi connectivity index (χ0n) is 12.5. The first-order valence-electron chi connectivity index (χ1n) is 6.42. The van der Waals surface area contributed by atoms with E-state index in [9.17, 15) is 26.4 Å². The van der Waals surface area contributed by atoms with Crippen molar-refractivity contribution in [2.75, 3.05) is 12.4 Å². The molecule has 0 fully saturated rings. The molecule has 130 valence electrons. The van der Waals surface area contributed by atoms with Crippen LogP contribution in [-0.2, 0) is 9.84 Å². The Morgan fingerprint density at radius 2 is 1.92 bits per heavy atom. The Kier molecular flexibility index (Phi) is 4.61. The first-order chi connectivity index (χ1) is 11.1. The maximum atomic E-state index is 12.7. The summed E-state index contributed by atoms with van der Waals surface area (Å²) in [5.41, 5.74) is -5.19. The van der Waals surface area contributed by atoms with Crippen molar-refractivity contribution in [1.29, 1.82) is 0 Å². The normalized spacial score (nSPS) is 12.0. The van der Waals surface area contributed by atoms with E-state index in [1.807, 2.05) is 0 Å². The molecule has 2 rings (SSSR count). The van der Waals surface area contributed by atoms with Crippen molar-refractivity contribution >= 4 is 21.4 Å². The summed E-state index contributed by atoms with van der Waals surface area (Å²) >= 11 is 0. The van der Waals surface area contributed by atoms with Gasteiger partial charge < -0.3 is 14.5 Å². The molecule has 0 aliphatic rings. The Morgan fingerprint density at radius 1 is 1.25 bits per heavy atom. The molecular weight excluding hydrogens is 351 g/mol. The second-order valence-corrected chi connectivity index (χ2v) is 6.64. The number of methoxy groups -OCH3 is 1. The van der Waals surface area contributed by atoms with Crippen LogP contribution in [0.5, 0.6) is 5.75 Å². The Bertz CT molecular complexity index is 871. The zero-order valence-corrected chi connectivity index (χ0v) is 13.3. The van der Waals surface area contributed by atoms with Crippen LogP contribution in [0.2, 0.25) is 0 Å². The summed E-state index contributed by atoms with van der Waals surface area (Å²) in [4.78, 5) is 11.1. The van der Waals surface area contributed by atoms with Gasteiger partial charge in [-0.15, -0.1) is 0 Å². The highest BCUT2D eigenvalue weighted by atomic mass is 32.2. The molecule has 24 heavy (non-hydrogen) atoms. The van der Waals surface area contributed by atoms with Crippen LogP contribution >= 0.6 is 0 Å². The molecule has 1 aromatic carbocycles. The third-order valence-corrected chi connectivity index (χ3v) is 4.59. The molecule has 1 N–H and O–H groups in total. The minimum absolute atomic E-state index is 0.00585. The third kappa shape index (κ3) is 3.23. The van der Waals surface area contributed by atoms with Crippen LogP contribution < -0.4 is 10.1 Å². The minimum atomic E-state index is -5.55. The first-order valence-corrected chi connectivity index (χ1v) is 7.91. The number of halogens is 3. The number of rotatable bonds is 4. The number of aryl methyl sites for hydroxylation is 1. The van der Waals surface area contributed by atoms with Crippen LogP contribution in [0.15, 0.2) is 39.8 Å². The molecule has 0 radical (unpaired) electrons. The van der Waals surface area contributed by atoms with E-state index in [1.54, 1.807) is 6.92 Å². The van der Waals surface area contributed by atoms with Crippen LogP contribution in [-0.4, -0.2) is 26.9 Å². The fourth-order valence-electron chi connectivity index (χ4n) is 1.87. The number of alkyl halides is 3. The summed E-state index contributed by atoms with van der Waals surface area (Å²) in [5.74, 6) is -0.813. The second kappa shape index (κ2) is 6.19. The van der Waals surface area contributed by atoms with Crippen molar-refractivity contribution in [1.82, 2.24) is 0 Å². The average Bonchev–Trinajstić information content (AvgIpc) is 2.92. The fourth-order valence-corrected chi connectivity index (χ4v) is 2.66. The summed E-state index contributed by atoms with van der Waals surface area (Å²) in [6.45, 7) is 1.60. The standard InChI is InChI=1S/C14H12F3NO5S/c1-8-5-6-23-12(8)13(19)18-10-7-9(3-4-11(10)22-2)24(20,21)14(15,16)17/h3-7H,1-2H3,(H,18,19). The van der Waals surface area contributed by atoms with Crippen LogP contribution in [0.25, 0.3) is 0 Å². The van der Waals surface area contributed by atoms with Gasteiger partial charge in [-0.3, -0.25) is 4.79 Å². The molecule has 0 bridgehead atoms. The maximum absolute atomic E-state index is 12.7. The smallest absolute Gasteiger partial charge is 0.495 e. The first kappa shape index (κ1) is 17.9. The molecule has 10 heteroatoms. The molecule has 1 aromatic heterocycles. The van der Waals surface area contributed by atoms with Gasteiger partial charge in [-0.25, -0.2) is 8.42 Å². The lowest BCUT2D eigenvalue weighted by molar-refractivity contribution is -0.0436. The zero-order chi connectivity index (χ0) is 18.1. The second-order valence-electron chi connectivity index (χ2n) is 4.70. The lowest BCUT2D eigenvalue weighted by Crippen LogP contribution is -2.23. The molecule has 1 heterocycles. The number of nitrogens with one attached hydrogen (secondary N) is 1. The summed E-state index contributed by atoms with van der Waals surface area (Å²) in [7, 11) is -4.33. The van der Waals surface area contributed by atoms with Crippen molar-refractivity contribution in [3.8, 4) is 5.75 Å². The minimum Gasteiger partial charge on any atom is -0.495 e. The largest absolute Gasteiger partial charge is 0.501 e. The number of benzene rings is 1. The number of carbonyl (C=O) groups excluding carboxylic acids is 1. The summed E-state index contributed by atoms with van der Waals surface area (Å²) in [6, 6.07) is 3.97. The molecular formula is C14H12F3NO5S. The number of sulfone groups is 1. The SMILES string of the molecule is COc1ccc(S(=O)(=O)C(F)(F)F)cc1NC(=O)c1occc1C. The lowest BCUT2D eigenvalue weighted by atomic mass is 10.2. The van der Waals surface area contributed by atoms with E-state index in [0.29, 0.717) is 11.6 Å². The fraction of sp³-hybridized carbons (Fsp3) is 0.214. The van der Waals surface area contributed by atoms with Gasteiger partial charge in [0.1, 0.15) is 5.75 Å². The Balaban J connectivity index is 2.44. The molecule has 0 spiro atoms. The molecule has 0 aliphatic heterocycles. The predicted octanol–water partition coefficient (Wildman–Crippen LogP) is 3.14. The van der Waals surface area contributed by atoms with Gasteiger partial charge in [0.2, 0.25) is 0 Å². The van der Waals surface area contributed by atoms with E-state index in [-0.39, 0.29) is 17.2 Å². The molecule has 0 saturated heterocycles. The van der Waals surface area contributed by atoms with Gasteiger partial charge in [-0.05, 0) is 31.2 Å². The number of amides is 1. The number of ether oxygens (including phenoxy) is 1. The topological polar surface area (TPSA) is 85.6 Å². The molecule has 0 saturated carbocycles. The van der Waals surface area contributed by atoms with Crippen LogP contribution in [0.1, 0.15) is 16.1 Å². The van der Waals surface area contributed by atoms with E-state index in [2.05, 4.69) is 5.32 Å². The van der Waals surface area contributed by atoms with Crippen LogP contribution in [0, 0.1) is 6.92 Å². The van der Waals surface area contributed by atoms with Crippen LogP contribution in [0.3, 0.4) is 0 Å². The summed E-state index contributed by atoms with van der Waals surface area (Å²) in [6.07, 6.45) is 1.27. The van der Waals surface area contributed by atoms with Gasteiger partial charge >= 0.3 is 5.51 Å². The van der Waals surface area contributed by atoms with Gasteiger partial charge in [0, 0.05) is 5.56 Å². The number of hydrogen-bond acceptors (Lipinski definition) is 5. The number of anilines is 1. The van der Waals surface area contributed by atoms with Gasteiger partial charge in [0.15, 0.2) is 5.76 Å². The summed E-state index contributed by atoms with van der Waals surface area (Å²) < 4.78 is 70.8. The average molecular weight is 363 g/mol.